The largest absolute Gasteiger partial charge is 0.489 e. The molecule has 0 fully saturated rings. The Bertz CT molecular complexity index is 659. The molecular weight excluding hydrogens is 260 g/mol. The summed E-state index contributed by atoms with van der Waals surface area (Å²) in [7, 11) is 0. The lowest BCUT2D eigenvalue weighted by atomic mass is 10.2. The second kappa shape index (κ2) is 6.69. The van der Waals surface area contributed by atoms with E-state index in [9.17, 15) is 8.78 Å². The summed E-state index contributed by atoms with van der Waals surface area (Å²) in [5, 5.41) is 0. The molecule has 0 bridgehead atoms. The molecule has 2 nitrogen and oxygen atoms in total. The van der Waals surface area contributed by atoms with Gasteiger partial charge in [-0.1, -0.05) is 30.0 Å². The van der Waals surface area contributed by atoms with E-state index in [2.05, 4.69) is 11.8 Å². The van der Waals surface area contributed by atoms with Crippen LogP contribution in [0.4, 0.5) is 8.78 Å². The summed E-state index contributed by atoms with van der Waals surface area (Å²) < 4.78 is 32.2. The molecule has 0 spiro atoms. The Morgan fingerprint density at radius 2 is 1.90 bits per heavy atom. The van der Waals surface area contributed by atoms with Gasteiger partial charge < -0.3 is 10.5 Å². The lowest BCUT2D eigenvalue weighted by Gasteiger charge is -2.07. The highest BCUT2D eigenvalue weighted by Gasteiger charge is 2.04. The average molecular weight is 273 g/mol. The highest BCUT2D eigenvalue weighted by Crippen LogP contribution is 2.18. The van der Waals surface area contributed by atoms with Gasteiger partial charge in [0.15, 0.2) is 0 Å². The summed E-state index contributed by atoms with van der Waals surface area (Å²) in [6.45, 7) is 0.224. The molecule has 0 aromatic heterocycles. The van der Waals surface area contributed by atoms with Crippen molar-refractivity contribution in [3.63, 3.8) is 0 Å². The van der Waals surface area contributed by atoms with E-state index >= 15 is 0 Å². The van der Waals surface area contributed by atoms with Crippen LogP contribution in [0.2, 0.25) is 0 Å². The Morgan fingerprint density at radius 3 is 2.65 bits per heavy atom. The molecule has 4 heteroatoms. The molecule has 2 N–H and O–H groups in total. The monoisotopic (exact) mass is 273 g/mol. The van der Waals surface area contributed by atoms with Gasteiger partial charge in [-0.3, -0.25) is 0 Å². The number of hydrogen-bond donors (Lipinski definition) is 1. The molecular formula is C16H13F2NO. The number of hydrogen-bond acceptors (Lipinski definition) is 2. The van der Waals surface area contributed by atoms with Crippen molar-refractivity contribution >= 4 is 0 Å². The second-order valence-electron chi connectivity index (χ2n) is 4.06. The van der Waals surface area contributed by atoms with Crippen molar-refractivity contribution in [3.05, 3.63) is 65.2 Å². The SMILES string of the molecule is NCC#Cc1cc(F)cc(OCc2ccccc2F)c1. The molecule has 0 unspecified atom stereocenters. The number of benzene rings is 2. The number of ether oxygens (including phenoxy) is 1. The molecule has 0 aliphatic carbocycles. The molecule has 0 amide bonds. The Balaban J connectivity index is 2.13. The van der Waals surface area contributed by atoms with Crippen molar-refractivity contribution < 1.29 is 13.5 Å². The first kappa shape index (κ1) is 14.0. The summed E-state index contributed by atoms with van der Waals surface area (Å²) in [4.78, 5) is 0. The fourth-order valence-corrected chi connectivity index (χ4v) is 1.65. The van der Waals surface area contributed by atoms with Gasteiger partial charge in [-0.2, -0.15) is 0 Å². The molecule has 0 aliphatic rings. The molecule has 0 saturated carbocycles. The fraction of sp³-hybridized carbons (Fsp3) is 0.125. The zero-order chi connectivity index (χ0) is 14.4. The maximum atomic E-state index is 13.4. The molecule has 102 valence electrons. The maximum absolute atomic E-state index is 13.4. The van der Waals surface area contributed by atoms with Crippen molar-refractivity contribution in [2.45, 2.75) is 6.61 Å². The van der Waals surface area contributed by atoms with E-state index in [-0.39, 0.29) is 19.0 Å². The second-order valence-corrected chi connectivity index (χ2v) is 4.06. The molecule has 2 rings (SSSR count). The van der Waals surface area contributed by atoms with Gasteiger partial charge in [-0.05, 0) is 18.2 Å². The van der Waals surface area contributed by atoms with Crippen molar-refractivity contribution in [1.29, 1.82) is 0 Å². The van der Waals surface area contributed by atoms with E-state index in [1.807, 2.05) is 0 Å². The third-order valence-electron chi connectivity index (χ3n) is 2.56. The van der Waals surface area contributed by atoms with Gasteiger partial charge in [0.25, 0.3) is 0 Å². The third kappa shape index (κ3) is 3.81. The van der Waals surface area contributed by atoms with Crippen LogP contribution in [0.25, 0.3) is 0 Å². The molecule has 20 heavy (non-hydrogen) atoms. The average Bonchev–Trinajstić information content (AvgIpc) is 2.44. The zero-order valence-corrected chi connectivity index (χ0v) is 10.7. The van der Waals surface area contributed by atoms with Crippen LogP contribution < -0.4 is 10.5 Å². The lowest BCUT2D eigenvalue weighted by Crippen LogP contribution is -1.99. The van der Waals surface area contributed by atoms with E-state index < -0.39 is 5.82 Å². The third-order valence-corrected chi connectivity index (χ3v) is 2.56. The molecule has 0 heterocycles. The van der Waals surface area contributed by atoms with Crippen LogP contribution in [0.5, 0.6) is 5.75 Å². The Hall–Kier alpha value is -2.38. The quantitative estimate of drug-likeness (QED) is 0.873. The van der Waals surface area contributed by atoms with Crippen LogP contribution >= 0.6 is 0 Å². The first-order valence-electron chi connectivity index (χ1n) is 6.05. The van der Waals surface area contributed by atoms with Crippen LogP contribution in [0.1, 0.15) is 11.1 Å². The minimum Gasteiger partial charge on any atom is -0.489 e. The topological polar surface area (TPSA) is 35.2 Å². The summed E-state index contributed by atoms with van der Waals surface area (Å²) in [6.07, 6.45) is 0. The lowest BCUT2D eigenvalue weighted by molar-refractivity contribution is 0.298. The van der Waals surface area contributed by atoms with E-state index in [1.54, 1.807) is 24.3 Å². The van der Waals surface area contributed by atoms with Gasteiger partial charge in [-0.25, -0.2) is 8.78 Å². The molecule has 0 atom stereocenters. The van der Waals surface area contributed by atoms with Gasteiger partial charge in [0, 0.05) is 17.2 Å². The number of nitrogens with two attached hydrogens (primary N) is 1. The molecule has 0 aliphatic heterocycles. The molecule has 0 saturated heterocycles. The first-order chi connectivity index (χ1) is 9.69. The molecule has 2 aromatic carbocycles. The van der Waals surface area contributed by atoms with Crippen LogP contribution in [0.3, 0.4) is 0 Å². The van der Waals surface area contributed by atoms with Crippen molar-refractivity contribution in [2.24, 2.45) is 5.73 Å². The highest BCUT2D eigenvalue weighted by atomic mass is 19.1. The number of halogens is 2. The fourth-order valence-electron chi connectivity index (χ4n) is 1.65. The van der Waals surface area contributed by atoms with Gasteiger partial charge in [0.05, 0.1) is 6.54 Å². The van der Waals surface area contributed by atoms with Gasteiger partial charge in [-0.15, -0.1) is 0 Å². The van der Waals surface area contributed by atoms with Crippen LogP contribution in [0, 0.1) is 23.5 Å². The van der Waals surface area contributed by atoms with Gasteiger partial charge in [0.2, 0.25) is 0 Å². The van der Waals surface area contributed by atoms with Crippen molar-refractivity contribution in [3.8, 4) is 17.6 Å². The van der Waals surface area contributed by atoms with E-state index in [4.69, 9.17) is 10.5 Å². The minimum absolute atomic E-state index is 0.0277. The van der Waals surface area contributed by atoms with E-state index in [0.717, 1.165) is 0 Å². The Labute approximate surface area is 116 Å². The van der Waals surface area contributed by atoms with Crippen LogP contribution in [0.15, 0.2) is 42.5 Å². The predicted molar refractivity (Wildman–Crippen MR) is 73.1 cm³/mol. The van der Waals surface area contributed by atoms with Crippen molar-refractivity contribution in [2.75, 3.05) is 6.54 Å². The molecule has 0 radical (unpaired) electrons. The standard InChI is InChI=1S/C16H13F2NO/c17-14-8-12(4-3-7-19)9-15(10-14)20-11-13-5-1-2-6-16(13)18/h1-2,5-6,8-10H,7,11,19H2. The van der Waals surface area contributed by atoms with Crippen LogP contribution in [-0.2, 0) is 6.61 Å². The first-order valence-corrected chi connectivity index (χ1v) is 6.05. The van der Waals surface area contributed by atoms with E-state index in [1.165, 1.54) is 18.2 Å². The Kier molecular flexibility index (Phi) is 4.70. The Morgan fingerprint density at radius 1 is 1.10 bits per heavy atom. The zero-order valence-electron chi connectivity index (χ0n) is 10.7. The van der Waals surface area contributed by atoms with Crippen molar-refractivity contribution in [1.82, 2.24) is 0 Å². The summed E-state index contributed by atoms with van der Waals surface area (Å²) >= 11 is 0. The van der Waals surface area contributed by atoms with Crippen LogP contribution in [-0.4, -0.2) is 6.54 Å². The highest BCUT2D eigenvalue weighted by molar-refractivity contribution is 5.40. The van der Waals surface area contributed by atoms with Gasteiger partial charge in [0.1, 0.15) is 24.0 Å². The molecule has 2 aromatic rings. The smallest absolute Gasteiger partial charge is 0.129 e. The predicted octanol–water partition coefficient (Wildman–Crippen LogP) is 2.85. The van der Waals surface area contributed by atoms with Gasteiger partial charge >= 0.3 is 0 Å². The number of rotatable bonds is 3. The minimum atomic E-state index is -0.461. The summed E-state index contributed by atoms with van der Waals surface area (Å²) in [5.41, 5.74) is 6.14. The maximum Gasteiger partial charge on any atom is 0.129 e. The summed E-state index contributed by atoms with van der Waals surface area (Å²) in [6, 6.07) is 10.4. The normalized spacial score (nSPS) is 9.75. The summed E-state index contributed by atoms with van der Waals surface area (Å²) in [5.74, 6) is 4.85. The van der Waals surface area contributed by atoms with E-state index in [0.29, 0.717) is 16.9 Å².